The molecule has 3 aromatic rings. The molecule has 0 amide bonds. The smallest absolute Gasteiger partial charge is 0.282 e. The lowest BCUT2D eigenvalue weighted by molar-refractivity contribution is 1.14. The van der Waals surface area contributed by atoms with Gasteiger partial charge in [0.1, 0.15) is 4.83 Å². The highest BCUT2D eigenvalue weighted by molar-refractivity contribution is 7.21. The van der Waals surface area contributed by atoms with E-state index >= 15 is 0 Å². The van der Waals surface area contributed by atoms with E-state index in [2.05, 4.69) is 9.97 Å². The van der Waals surface area contributed by atoms with E-state index < -0.39 is 0 Å². The molecule has 0 N–H and O–H groups in total. The van der Waals surface area contributed by atoms with Gasteiger partial charge in [-0.2, -0.15) is 4.98 Å². The molecule has 0 saturated carbocycles. The van der Waals surface area contributed by atoms with E-state index in [4.69, 9.17) is 0 Å². The van der Waals surface area contributed by atoms with Crippen molar-refractivity contribution in [3.8, 4) is 0 Å². The molecule has 1 aromatic carbocycles. The maximum atomic E-state index is 12.0. The lowest BCUT2D eigenvalue weighted by Gasteiger charge is -2.17. The van der Waals surface area contributed by atoms with E-state index in [0.717, 1.165) is 5.69 Å². The minimum atomic E-state index is -0.235. The molecule has 0 aliphatic carbocycles. The molecule has 0 bridgehead atoms. The first-order valence-corrected chi connectivity index (χ1v) is 7.03. The van der Waals surface area contributed by atoms with Crippen molar-refractivity contribution in [2.45, 2.75) is 6.92 Å². The van der Waals surface area contributed by atoms with E-state index in [0.29, 0.717) is 15.3 Å². The summed E-state index contributed by atoms with van der Waals surface area (Å²) in [5, 5.41) is 1.21. The van der Waals surface area contributed by atoms with Gasteiger partial charge in [0.2, 0.25) is 0 Å². The number of aromatic nitrogens is 2. The number of rotatable bonds is 2. The summed E-state index contributed by atoms with van der Waals surface area (Å²) in [6, 6.07) is 11.6. The topological polar surface area (TPSA) is 46.1 Å². The van der Waals surface area contributed by atoms with Crippen LogP contribution in [-0.2, 0) is 0 Å². The highest BCUT2D eigenvalue weighted by atomic mass is 32.1. The molecular weight excluding hydrogens is 270 g/mol. The van der Waals surface area contributed by atoms with Gasteiger partial charge in [0, 0.05) is 18.9 Å². The average molecular weight is 283 g/mol. The zero-order valence-electron chi connectivity index (χ0n) is 11.2. The van der Waals surface area contributed by atoms with Gasteiger partial charge < -0.3 is 4.90 Å². The third kappa shape index (κ3) is 2.28. The SMILES string of the molecule is Cc1ccc(N(C)c2nc(=O)c3cccnc3s2)cc1. The van der Waals surface area contributed by atoms with Gasteiger partial charge in [0.25, 0.3) is 5.56 Å². The highest BCUT2D eigenvalue weighted by Crippen LogP contribution is 2.27. The van der Waals surface area contributed by atoms with Crippen LogP contribution in [0.2, 0.25) is 0 Å². The summed E-state index contributed by atoms with van der Waals surface area (Å²) in [7, 11) is 1.90. The molecular formula is C15H13N3OS. The third-order valence-corrected chi connectivity index (χ3v) is 4.16. The normalized spacial score (nSPS) is 10.7. The van der Waals surface area contributed by atoms with Crippen LogP contribution in [0.15, 0.2) is 47.4 Å². The zero-order valence-corrected chi connectivity index (χ0v) is 12.0. The molecule has 3 rings (SSSR count). The maximum absolute atomic E-state index is 12.0. The number of aryl methyl sites for hydroxylation is 1. The summed E-state index contributed by atoms with van der Waals surface area (Å²) in [6.07, 6.45) is 1.69. The van der Waals surface area contributed by atoms with Gasteiger partial charge >= 0.3 is 0 Å². The second-order valence-corrected chi connectivity index (χ2v) is 5.51. The fraction of sp³-hybridized carbons (Fsp3) is 0.133. The van der Waals surface area contributed by atoms with E-state index in [1.54, 1.807) is 18.3 Å². The first kappa shape index (κ1) is 12.7. The van der Waals surface area contributed by atoms with Crippen LogP contribution in [-0.4, -0.2) is 17.0 Å². The molecule has 0 aliphatic heterocycles. The van der Waals surface area contributed by atoms with Gasteiger partial charge in [-0.25, -0.2) is 4.98 Å². The Morgan fingerprint density at radius 3 is 2.65 bits per heavy atom. The minimum absolute atomic E-state index is 0.235. The molecule has 0 unspecified atom stereocenters. The van der Waals surface area contributed by atoms with Crippen molar-refractivity contribution in [1.82, 2.24) is 9.97 Å². The van der Waals surface area contributed by atoms with Crippen LogP contribution in [0.25, 0.3) is 10.2 Å². The van der Waals surface area contributed by atoms with Crippen LogP contribution < -0.4 is 10.5 Å². The first-order valence-electron chi connectivity index (χ1n) is 6.21. The Balaban J connectivity index is 2.10. The molecule has 20 heavy (non-hydrogen) atoms. The molecule has 0 atom stereocenters. The number of nitrogens with zero attached hydrogens (tertiary/aromatic N) is 3. The van der Waals surface area contributed by atoms with Crippen LogP contribution in [0.1, 0.15) is 5.56 Å². The predicted octanol–water partition coefficient (Wildman–Crippen LogP) is 3.13. The molecule has 2 heterocycles. The predicted molar refractivity (Wildman–Crippen MR) is 82.9 cm³/mol. The Morgan fingerprint density at radius 1 is 1.15 bits per heavy atom. The number of benzene rings is 1. The summed E-state index contributed by atoms with van der Waals surface area (Å²) in [6.45, 7) is 2.04. The van der Waals surface area contributed by atoms with Crippen molar-refractivity contribution in [3.63, 3.8) is 0 Å². The van der Waals surface area contributed by atoms with Gasteiger partial charge in [0.15, 0.2) is 5.13 Å². The molecule has 5 heteroatoms. The monoisotopic (exact) mass is 283 g/mol. The molecule has 0 fully saturated rings. The zero-order chi connectivity index (χ0) is 14.1. The van der Waals surface area contributed by atoms with Gasteiger partial charge in [0.05, 0.1) is 5.39 Å². The van der Waals surface area contributed by atoms with Gasteiger partial charge in [-0.3, -0.25) is 4.79 Å². The summed E-state index contributed by atoms with van der Waals surface area (Å²) >= 11 is 1.41. The fourth-order valence-electron chi connectivity index (χ4n) is 1.91. The largest absolute Gasteiger partial charge is 0.321 e. The molecule has 4 nitrogen and oxygen atoms in total. The third-order valence-electron chi connectivity index (χ3n) is 3.09. The van der Waals surface area contributed by atoms with Crippen LogP contribution in [0.3, 0.4) is 0 Å². The number of fused-ring (bicyclic) bond motifs is 1. The van der Waals surface area contributed by atoms with Gasteiger partial charge in [-0.05, 0) is 31.2 Å². The highest BCUT2D eigenvalue weighted by Gasteiger charge is 2.10. The van der Waals surface area contributed by atoms with Crippen LogP contribution in [0.5, 0.6) is 0 Å². The quantitative estimate of drug-likeness (QED) is 0.725. The van der Waals surface area contributed by atoms with Crippen molar-refractivity contribution in [3.05, 3.63) is 58.5 Å². The van der Waals surface area contributed by atoms with E-state index in [9.17, 15) is 4.79 Å². The van der Waals surface area contributed by atoms with Crippen LogP contribution in [0, 0.1) is 6.92 Å². The van der Waals surface area contributed by atoms with Crippen molar-refractivity contribution >= 4 is 32.4 Å². The number of pyridine rings is 1. The summed E-state index contributed by atoms with van der Waals surface area (Å²) in [5.74, 6) is 0. The van der Waals surface area contributed by atoms with E-state index in [-0.39, 0.29) is 5.56 Å². The lowest BCUT2D eigenvalue weighted by atomic mass is 10.2. The van der Waals surface area contributed by atoms with Gasteiger partial charge in [-0.15, -0.1) is 0 Å². The van der Waals surface area contributed by atoms with Crippen LogP contribution in [0.4, 0.5) is 10.8 Å². The number of anilines is 2. The molecule has 100 valence electrons. The summed E-state index contributed by atoms with van der Waals surface area (Å²) < 4.78 is 0. The van der Waals surface area contributed by atoms with Crippen molar-refractivity contribution < 1.29 is 0 Å². The Morgan fingerprint density at radius 2 is 1.90 bits per heavy atom. The lowest BCUT2D eigenvalue weighted by Crippen LogP contribution is -2.15. The second-order valence-electron chi connectivity index (χ2n) is 4.55. The Kier molecular flexibility index (Phi) is 3.20. The molecule has 2 aromatic heterocycles. The average Bonchev–Trinajstić information content (AvgIpc) is 2.47. The Bertz CT molecular complexity index is 811. The minimum Gasteiger partial charge on any atom is -0.321 e. The molecule has 0 radical (unpaired) electrons. The summed E-state index contributed by atoms with van der Waals surface area (Å²) in [4.78, 5) is 23.0. The Hall–Kier alpha value is -2.27. The molecule has 0 spiro atoms. The maximum Gasteiger partial charge on any atom is 0.282 e. The number of hydrogen-bond donors (Lipinski definition) is 0. The second kappa shape index (κ2) is 5.02. The Labute approximate surface area is 120 Å². The van der Waals surface area contributed by atoms with Crippen molar-refractivity contribution in [1.29, 1.82) is 0 Å². The first-order chi connectivity index (χ1) is 9.65. The summed E-state index contributed by atoms with van der Waals surface area (Å²) in [5.41, 5.74) is 1.96. The fourth-order valence-corrected chi connectivity index (χ4v) is 2.84. The van der Waals surface area contributed by atoms with Gasteiger partial charge in [-0.1, -0.05) is 29.0 Å². The molecule has 0 aliphatic rings. The number of hydrogen-bond acceptors (Lipinski definition) is 5. The standard InChI is InChI=1S/C15H13N3OS/c1-10-5-7-11(8-6-10)18(2)15-17-13(19)12-4-3-9-16-14(12)20-15/h3-9H,1-2H3. The van der Waals surface area contributed by atoms with Crippen molar-refractivity contribution in [2.24, 2.45) is 0 Å². The molecule has 0 saturated heterocycles. The van der Waals surface area contributed by atoms with Crippen molar-refractivity contribution in [2.75, 3.05) is 11.9 Å². The van der Waals surface area contributed by atoms with Crippen LogP contribution >= 0.6 is 11.3 Å². The van der Waals surface area contributed by atoms with E-state index in [1.165, 1.54) is 16.9 Å². The van der Waals surface area contributed by atoms with E-state index in [1.807, 2.05) is 43.1 Å².